The summed E-state index contributed by atoms with van der Waals surface area (Å²) in [4.78, 5) is 27.7. The summed E-state index contributed by atoms with van der Waals surface area (Å²) >= 11 is 0. The second-order valence-corrected chi connectivity index (χ2v) is 7.90. The normalized spacial score (nSPS) is 17.2. The average Bonchev–Trinajstić information content (AvgIpc) is 2.84. The second kappa shape index (κ2) is 9.06. The van der Waals surface area contributed by atoms with Crippen LogP contribution in [0.1, 0.15) is 22.8 Å². The number of fused-ring (bicyclic) bond motifs is 1. The molecule has 0 unspecified atom stereocenters. The molecular formula is C24H22FN6O3. The van der Waals surface area contributed by atoms with E-state index in [0.717, 1.165) is 0 Å². The summed E-state index contributed by atoms with van der Waals surface area (Å²) in [5.74, 6) is -0.280. The molecule has 4 heterocycles. The number of anilines is 3. The number of amides is 1. The lowest BCUT2D eigenvalue weighted by molar-refractivity contribution is 0.0530. The van der Waals surface area contributed by atoms with Crippen LogP contribution in [0.4, 0.5) is 21.6 Å². The number of pyridine rings is 1. The molecular weight excluding hydrogens is 439 g/mol. The second-order valence-electron chi connectivity index (χ2n) is 7.90. The average molecular weight is 461 g/mol. The fraction of sp³-hybridized carbons (Fsp3) is 0.250. The molecule has 1 atom stereocenters. The van der Waals surface area contributed by atoms with Crippen LogP contribution in [-0.4, -0.2) is 53.8 Å². The first kappa shape index (κ1) is 21.8. The number of nitrogens with zero attached hydrogens (tertiary/aromatic N) is 5. The van der Waals surface area contributed by atoms with E-state index in [2.05, 4.69) is 25.6 Å². The Labute approximate surface area is 195 Å². The third-order valence-electron chi connectivity index (χ3n) is 5.60. The van der Waals surface area contributed by atoms with Crippen molar-refractivity contribution in [1.82, 2.24) is 20.3 Å². The number of benzene rings is 1. The van der Waals surface area contributed by atoms with E-state index in [1.54, 1.807) is 24.3 Å². The topological polar surface area (TPSA) is 104 Å². The van der Waals surface area contributed by atoms with Gasteiger partial charge in [-0.05, 0) is 42.8 Å². The molecule has 10 heteroatoms. The van der Waals surface area contributed by atoms with Gasteiger partial charge in [0.1, 0.15) is 11.6 Å². The smallest absolute Gasteiger partial charge is 0.281 e. The number of ether oxygens (including phenoxy) is 2. The largest absolute Gasteiger partial charge is 0.479 e. The van der Waals surface area contributed by atoms with Gasteiger partial charge in [-0.15, -0.1) is 0 Å². The highest BCUT2D eigenvalue weighted by atomic mass is 19.1. The van der Waals surface area contributed by atoms with Gasteiger partial charge in [0.05, 0.1) is 36.8 Å². The van der Waals surface area contributed by atoms with Crippen LogP contribution in [0, 0.1) is 5.82 Å². The van der Waals surface area contributed by atoms with Gasteiger partial charge < -0.3 is 19.7 Å². The predicted octanol–water partition coefficient (Wildman–Crippen LogP) is 3.38. The number of carbonyl (C=O) groups is 1. The lowest BCUT2D eigenvalue weighted by atomic mass is 10.0. The highest BCUT2D eigenvalue weighted by molar-refractivity contribution is 6.05. The van der Waals surface area contributed by atoms with E-state index in [1.165, 1.54) is 31.8 Å². The quantitative estimate of drug-likeness (QED) is 0.617. The molecule has 0 saturated carbocycles. The van der Waals surface area contributed by atoms with Crippen LogP contribution in [0.25, 0.3) is 17.5 Å². The fourth-order valence-electron chi connectivity index (χ4n) is 4.05. The molecule has 34 heavy (non-hydrogen) atoms. The fourth-order valence-corrected chi connectivity index (χ4v) is 4.05. The number of methoxy groups -OCH3 is 1. The third kappa shape index (κ3) is 4.15. The Bertz CT molecular complexity index is 1280. The Kier molecular flexibility index (Phi) is 5.81. The van der Waals surface area contributed by atoms with E-state index in [4.69, 9.17) is 9.47 Å². The molecule has 173 valence electrons. The minimum atomic E-state index is -0.440. The molecule has 1 amide bonds. The summed E-state index contributed by atoms with van der Waals surface area (Å²) in [7, 11) is 1.49. The number of hydrogen-bond donors (Lipinski definition) is 1. The van der Waals surface area contributed by atoms with Crippen molar-refractivity contribution in [3.63, 3.8) is 0 Å². The Morgan fingerprint density at radius 1 is 1.24 bits per heavy atom. The maximum atomic E-state index is 15.0. The number of carbonyl (C=O) groups excluding carboxylic acids is 1. The minimum Gasteiger partial charge on any atom is -0.479 e. The van der Waals surface area contributed by atoms with Gasteiger partial charge in [0, 0.05) is 37.4 Å². The van der Waals surface area contributed by atoms with Crippen LogP contribution >= 0.6 is 0 Å². The van der Waals surface area contributed by atoms with Crippen molar-refractivity contribution in [2.24, 2.45) is 0 Å². The zero-order valence-corrected chi connectivity index (χ0v) is 18.7. The maximum Gasteiger partial charge on any atom is 0.281 e. The van der Waals surface area contributed by atoms with E-state index in [9.17, 15) is 4.79 Å². The summed E-state index contributed by atoms with van der Waals surface area (Å²) in [5.41, 5.74) is 2.72. The molecule has 0 aliphatic carbocycles. The van der Waals surface area contributed by atoms with Gasteiger partial charge in [-0.2, -0.15) is 0 Å². The van der Waals surface area contributed by atoms with Gasteiger partial charge >= 0.3 is 0 Å². The van der Waals surface area contributed by atoms with Crippen LogP contribution in [0.15, 0.2) is 42.9 Å². The summed E-state index contributed by atoms with van der Waals surface area (Å²) in [6.07, 6.45) is 6.22. The van der Waals surface area contributed by atoms with Crippen LogP contribution < -0.4 is 20.3 Å². The van der Waals surface area contributed by atoms with Crippen molar-refractivity contribution in [3.05, 3.63) is 59.8 Å². The van der Waals surface area contributed by atoms with E-state index in [-0.39, 0.29) is 17.7 Å². The van der Waals surface area contributed by atoms with Crippen LogP contribution in [0.2, 0.25) is 0 Å². The predicted molar refractivity (Wildman–Crippen MR) is 125 cm³/mol. The van der Waals surface area contributed by atoms with Gasteiger partial charge in [0.2, 0.25) is 5.88 Å². The molecule has 2 aliphatic rings. The summed E-state index contributed by atoms with van der Waals surface area (Å²) < 4.78 is 25.9. The van der Waals surface area contributed by atoms with E-state index in [0.29, 0.717) is 59.5 Å². The molecule has 1 radical (unpaired) electrons. The van der Waals surface area contributed by atoms with Gasteiger partial charge in [0.25, 0.3) is 5.91 Å². The molecule has 0 spiro atoms. The summed E-state index contributed by atoms with van der Waals surface area (Å²) in [5, 5.41) is 6.96. The molecule has 0 bridgehead atoms. The standard InChI is InChI=1S/C24H22FN6O3/c1-14-13-31(9-10-34-14)19-4-3-16(12-17(19)25)29-22-20-15(5-6-27-23(20)32)11-18(30-22)21-24(33-2)28-8-7-26-21/h3-8,11-12,14H,9-10,13H2,1-2H3,(H,29,30)/t14-/m1/s1. The highest BCUT2D eigenvalue weighted by Gasteiger charge is 2.25. The van der Waals surface area contributed by atoms with Crippen LogP contribution in [-0.2, 0) is 4.74 Å². The number of halogens is 1. The van der Waals surface area contributed by atoms with Crippen molar-refractivity contribution in [2.75, 3.05) is 37.0 Å². The van der Waals surface area contributed by atoms with Crippen molar-refractivity contribution >= 4 is 29.2 Å². The van der Waals surface area contributed by atoms with Crippen molar-refractivity contribution in [2.45, 2.75) is 13.0 Å². The first-order valence-corrected chi connectivity index (χ1v) is 10.8. The zero-order valence-electron chi connectivity index (χ0n) is 18.7. The Balaban J connectivity index is 1.53. The molecule has 2 aromatic heterocycles. The minimum absolute atomic E-state index is 0.0327. The lowest BCUT2D eigenvalue weighted by Gasteiger charge is -2.33. The number of rotatable bonds is 5. The van der Waals surface area contributed by atoms with E-state index in [1.807, 2.05) is 11.8 Å². The molecule has 9 nitrogen and oxygen atoms in total. The maximum absolute atomic E-state index is 15.0. The molecule has 1 fully saturated rings. The Morgan fingerprint density at radius 3 is 2.88 bits per heavy atom. The third-order valence-corrected chi connectivity index (χ3v) is 5.60. The first-order chi connectivity index (χ1) is 16.5. The van der Waals surface area contributed by atoms with Crippen molar-refractivity contribution in [3.8, 4) is 17.3 Å². The monoisotopic (exact) mass is 461 g/mol. The molecule has 1 saturated heterocycles. The van der Waals surface area contributed by atoms with E-state index >= 15 is 4.39 Å². The summed E-state index contributed by atoms with van der Waals surface area (Å²) in [6.45, 7) is 3.75. The molecule has 5 rings (SSSR count). The van der Waals surface area contributed by atoms with Gasteiger partial charge in [0.15, 0.2) is 5.69 Å². The van der Waals surface area contributed by atoms with Crippen molar-refractivity contribution < 1.29 is 18.7 Å². The highest BCUT2D eigenvalue weighted by Crippen LogP contribution is 2.33. The number of aromatic nitrogens is 3. The van der Waals surface area contributed by atoms with E-state index < -0.39 is 5.91 Å². The first-order valence-electron chi connectivity index (χ1n) is 10.8. The Hall–Kier alpha value is -4.05. The lowest BCUT2D eigenvalue weighted by Crippen LogP contribution is -2.41. The molecule has 2 aliphatic heterocycles. The van der Waals surface area contributed by atoms with Crippen molar-refractivity contribution in [1.29, 1.82) is 0 Å². The SMILES string of the molecule is COc1nccnc1-c1cc2c(c(Nc3ccc(N4CCO[C@H](C)C4)c(F)c3)n1)C(=O)[N]C=C2. The van der Waals surface area contributed by atoms with Gasteiger partial charge in [-0.1, -0.05) is 0 Å². The molecule has 1 N–H and O–H groups in total. The number of nitrogens with one attached hydrogen (secondary N) is 1. The van der Waals surface area contributed by atoms with Crippen LogP contribution in [0.3, 0.4) is 0 Å². The molecule has 3 aromatic rings. The number of morpholine rings is 1. The van der Waals surface area contributed by atoms with Gasteiger partial charge in [-0.25, -0.2) is 24.7 Å². The van der Waals surface area contributed by atoms with Gasteiger partial charge in [-0.3, -0.25) is 4.79 Å². The number of hydrogen-bond acceptors (Lipinski definition) is 8. The Morgan fingerprint density at radius 2 is 2.09 bits per heavy atom. The molecule has 1 aromatic carbocycles. The zero-order chi connectivity index (χ0) is 23.7. The van der Waals surface area contributed by atoms with Crippen LogP contribution in [0.5, 0.6) is 5.88 Å². The summed E-state index contributed by atoms with van der Waals surface area (Å²) in [6, 6.07) is 6.57.